The number of phenolic OH excluding ortho intramolecular Hbond substituents is 1. The molecule has 1 aromatic rings. The molecule has 2 rings (SSSR count). The Hall–Kier alpha value is -1.55. The summed E-state index contributed by atoms with van der Waals surface area (Å²) >= 11 is 0. The van der Waals surface area contributed by atoms with Gasteiger partial charge in [0.25, 0.3) is 0 Å². The van der Waals surface area contributed by atoms with Gasteiger partial charge in [-0.15, -0.1) is 0 Å². The monoisotopic (exact) mass is 343 g/mol. The van der Waals surface area contributed by atoms with Crippen LogP contribution in [-0.4, -0.2) is 32.0 Å². The van der Waals surface area contributed by atoms with Crippen LogP contribution in [0.3, 0.4) is 0 Å². The zero-order valence-electron chi connectivity index (χ0n) is 11.2. The van der Waals surface area contributed by atoms with Crippen LogP contribution >= 0.6 is 0 Å². The summed E-state index contributed by atoms with van der Waals surface area (Å²) in [6.45, 7) is 0.431. The lowest BCUT2D eigenvalue weighted by Crippen LogP contribution is -2.25. The van der Waals surface area contributed by atoms with Crippen LogP contribution in [0, 0.1) is 5.82 Å². The topological polar surface area (TPSA) is 75.6 Å². The maximum Gasteiger partial charge on any atom is 0.419 e. The van der Waals surface area contributed by atoms with Crippen molar-refractivity contribution in [3.8, 4) is 5.75 Å². The Bertz CT molecular complexity index is 654. The van der Waals surface area contributed by atoms with E-state index in [1.54, 1.807) is 0 Å². The molecular formula is C12H13F4NO4S. The van der Waals surface area contributed by atoms with E-state index in [1.807, 2.05) is 4.72 Å². The Morgan fingerprint density at radius 3 is 2.59 bits per heavy atom. The van der Waals surface area contributed by atoms with E-state index in [4.69, 9.17) is 4.74 Å². The van der Waals surface area contributed by atoms with Gasteiger partial charge >= 0.3 is 6.18 Å². The van der Waals surface area contributed by atoms with Crippen LogP contribution in [0.25, 0.3) is 0 Å². The normalized spacial score (nSPS) is 19.4. The third-order valence-corrected chi connectivity index (χ3v) is 4.43. The molecule has 0 radical (unpaired) electrons. The molecule has 1 aromatic carbocycles. The second-order valence-electron chi connectivity index (χ2n) is 4.87. The Balaban J connectivity index is 2.20. The molecule has 5 nitrogen and oxygen atoms in total. The number of nitrogens with one attached hydrogen (secondary N) is 1. The third kappa shape index (κ3) is 4.01. The number of hydrogen-bond acceptors (Lipinski definition) is 4. The fourth-order valence-corrected chi connectivity index (χ4v) is 3.42. The zero-order chi connectivity index (χ0) is 16.5. The van der Waals surface area contributed by atoms with Gasteiger partial charge in [-0.2, -0.15) is 13.2 Å². The molecule has 0 spiro atoms. The van der Waals surface area contributed by atoms with Gasteiger partial charge in [0, 0.05) is 12.7 Å². The SMILES string of the molecule is O=S(=O)(CC1CCCO1)Nc1cc(F)c(C(F)(F)F)cc1O. The molecule has 1 aliphatic rings. The van der Waals surface area contributed by atoms with E-state index in [2.05, 4.69) is 0 Å². The van der Waals surface area contributed by atoms with Gasteiger partial charge in [0.05, 0.1) is 23.1 Å². The highest BCUT2D eigenvalue weighted by atomic mass is 32.2. The summed E-state index contributed by atoms with van der Waals surface area (Å²) in [5, 5.41) is 9.48. The lowest BCUT2D eigenvalue weighted by atomic mass is 10.1. The first kappa shape index (κ1) is 16.8. The van der Waals surface area contributed by atoms with Gasteiger partial charge in [-0.25, -0.2) is 12.8 Å². The number of hydrogen-bond donors (Lipinski definition) is 2. The van der Waals surface area contributed by atoms with Crippen molar-refractivity contribution < 1.29 is 35.8 Å². The predicted octanol–water partition coefficient (Wildman–Crippen LogP) is 2.47. The maximum atomic E-state index is 13.4. The van der Waals surface area contributed by atoms with Gasteiger partial charge < -0.3 is 9.84 Å². The minimum atomic E-state index is -4.99. The fraction of sp³-hybridized carbons (Fsp3) is 0.500. The summed E-state index contributed by atoms with van der Waals surface area (Å²) < 4.78 is 81.5. The summed E-state index contributed by atoms with van der Waals surface area (Å²) in [5.41, 5.74) is -2.32. The van der Waals surface area contributed by atoms with Crippen molar-refractivity contribution >= 4 is 15.7 Å². The molecule has 124 valence electrons. The molecule has 1 saturated heterocycles. The average molecular weight is 343 g/mol. The van der Waals surface area contributed by atoms with Gasteiger partial charge in [-0.1, -0.05) is 0 Å². The highest BCUT2D eigenvalue weighted by Crippen LogP contribution is 2.37. The molecule has 0 aromatic heterocycles. The van der Waals surface area contributed by atoms with Gasteiger partial charge in [-0.3, -0.25) is 4.72 Å². The van der Waals surface area contributed by atoms with Crippen molar-refractivity contribution in [2.24, 2.45) is 0 Å². The first-order valence-corrected chi connectivity index (χ1v) is 7.95. The summed E-state index contributed by atoms with van der Waals surface area (Å²) in [5.74, 6) is -3.11. The second-order valence-corrected chi connectivity index (χ2v) is 6.63. The van der Waals surface area contributed by atoms with E-state index in [9.17, 15) is 31.1 Å². The van der Waals surface area contributed by atoms with Crippen LogP contribution in [0.4, 0.5) is 23.2 Å². The Kier molecular flexibility index (Phi) is 4.52. The number of halogens is 4. The third-order valence-electron chi connectivity index (χ3n) is 3.09. The van der Waals surface area contributed by atoms with Gasteiger partial charge in [0.15, 0.2) is 0 Å². The largest absolute Gasteiger partial charge is 0.506 e. The molecular weight excluding hydrogens is 330 g/mol. The van der Waals surface area contributed by atoms with Crippen LogP contribution in [0.5, 0.6) is 5.75 Å². The standard InChI is InChI=1S/C12H13F4NO4S/c13-9-5-10(11(18)4-8(9)12(14,15)16)17-22(19,20)6-7-2-1-3-21-7/h4-5,7,17-18H,1-3,6H2. The maximum absolute atomic E-state index is 13.4. The molecule has 0 saturated carbocycles. The minimum absolute atomic E-state index is 0.138. The molecule has 2 N–H and O–H groups in total. The van der Waals surface area contributed by atoms with Crippen LogP contribution in [0.1, 0.15) is 18.4 Å². The highest BCUT2D eigenvalue weighted by molar-refractivity contribution is 7.92. The zero-order valence-corrected chi connectivity index (χ0v) is 12.0. The van der Waals surface area contributed by atoms with Crippen molar-refractivity contribution in [1.82, 2.24) is 0 Å². The van der Waals surface area contributed by atoms with Gasteiger partial charge in [-0.05, 0) is 18.9 Å². The first-order valence-electron chi connectivity index (χ1n) is 6.30. The number of ether oxygens (including phenoxy) is 1. The van der Waals surface area contributed by atoms with Crippen LogP contribution in [-0.2, 0) is 20.9 Å². The Morgan fingerprint density at radius 2 is 2.05 bits per heavy atom. The predicted molar refractivity (Wildman–Crippen MR) is 69.5 cm³/mol. The van der Waals surface area contributed by atoms with Crippen molar-refractivity contribution in [2.45, 2.75) is 25.1 Å². The number of aromatic hydroxyl groups is 1. The molecule has 10 heteroatoms. The van der Waals surface area contributed by atoms with Crippen LogP contribution in [0.2, 0.25) is 0 Å². The van der Waals surface area contributed by atoms with E-state index in [0.717, 1.165) is 0 Å². The molecule has 1 heterocycles. The summed E-state index contributed by atoms with van der Waals surface area (Å²) in [7, 11) is -3.99. The van der Waals surface area contributed by atoms with Crippen LogP contribution in [0.15, 0.2) is 12.1 Å². The lowest BCUT2D eigenvalue weighted by molar-refractivity contribution is -0.140. The van der Waals surface area contributed by atoms with Gasteiger partial charge in [0.1, 0.15) is 11.6 Å². The summed E-state index contributed by atoms with van der Waals surface area (Å²) in [6.07, 6.45) is -4.27. The van der Waals surface area contributed by atoms with Crippen molar-refractivity contribution in [3.05, 3.63) is 23.5 Å². The number of rotatable bonds is 4. The molecule has 1 aliphatic heterocycles. The molecule has 0 aliphatic carbocycles. The van der Waals surface area contributed by atoms with E-state index in [-0.39, 0.29) is 6.07 Å². The number of phenols is 1. The Labute approximate surface area is 123 Å². The minimum Gasteiger partial charge on any atom is -0.506 e. The van der Waals surface area contributed by atoms with E-state index in [0.29, 0.717) is 25.5 Å². The van der Waals surface area contributed by atoms with E-state index in [1.165, 1.54) is 0 Å². The molecule has 22 heavy (non-hydrogen) atoms. The average Bonchev–Trinajstić information content (AvgIpc) is 2.83. The smallest absolute Gasteiger partial charge is 0.419 e. The quantitative estimate of drug-likeness (QED) is 0.650. The summed E-state index contributed by atoms with van der Waals surface area (Å²) in [4.78, 5) is 0. The van der Waals surface area contributed by atoms with E-state index >= 15 is 0 Å². The van der Waals surface area contributed by atoms with Crippen molar-refractivity contribution in [1.29, 1.82) is 0 Å². The lowest BCUT2D eigenvalue weighted by Gasteiger charge is -2.15. The number of benzene rings is 1. The van der Waals surface area contributed by atoms with E-state index < -0.39 is 50.9 Å². The fourth-order valence-electron chi connectivity index (χ4n) is 2.09. The van der Waals surface area contributed by atoms with Gasteiger partial charge in [0.2, 0.25) is 10.0 Å². The number of anilines is 1. The highest BCUT2D eigenvalue weighted by Gasteiger charge is 2.35. The second kappa shape index (κ2) is 5.92. The van der Waals surface area contributed by atoms with Crippen molar-refractivity contribution in [3.63, 3.8) is 0 Å². The number of sulfonamides is 1. The Morgan fingerprint density at radius 1 is 1.36 bits per heavy atom. The van der Waals surface area contributed by atoms with Crippen molar-refractivity contribution in [2.75, 3.05) is 17.1 Å². The first-order chi connectivity index (χ1) is 10.1. The van der Waals surface area contributed by atoms with Crippen LogP contribution < -0.4 is 4.72 Å². The molecule has 0 bridgehead atoms. The molecule has 1 fully saturated rings. The summed E-state index contributed by atoms with van der Waals surface area (Å²) in [6, 6.07) is 0.435. The number of alkyl halides is 3. The molecule has 1 atom stereocenters. The molecule has 0 amide bonds. The molecule has 1 unspecified atom stereocenters.